The molecule has 0 spiro atoms. The predicted molar refractivity (Wildman–Crippen MR) is 130 cm³/mol. The monoisotopic (exact) mass is 475 g/mol. The highest BCUT2D eigenvalue weighted by Gasteiger charge is 2.27. The minimum absolute atomic E-state index is 0.279. The Morgan fingerprint density at radius 1 is 1.00 bits per heavy atom. The van der Waals surface area contributed by atoms with Crippen molar-refractivity contribution in [2.24, 2.45) is 7.05 Å². The Hall–Kier alpha value is -3.43. The molecule has 1 aliphatic heterocycles. The van der Waals surface area contributed by atoms with E-state index >= 15 is 0 Å². The van der Waals surface area contributed by atoms with E-state index in [1.54, 1.807) is 0 Å². The van der Waals surface area contributed by atoms with Crippen LogP contribution in [0.1, 0.15) is 31.7 Å². The van der Waals surface area contributed by atoms with E-state index in [1.165, 1.54) is 12.8 Å². The third-order valence-corrected chi connectivity index (χ3v) is 6.50. The summed E-state index contributed by atoms with van der Waals surface area (Å²) in [5.41, 5.74) is 1.89. The molecule has 2 aliphatic rings. The topological polar surface area (TPSA) is 85.5 Å². The quantitative estimate of drug-likeness (QED) is 0.329. The van der Waals surface area contributed by atoms with Gasteiger partial charge in [0, 0.05) is 37.3 Å². The Morgan fingerprint density at radius 3 is 2.60 bits per heavy atom. The molecule has 2 aromatic carbocycles. The van der Waals surface area contributed by atoms with Crippen LogP contribution in [0, 0.1) is 0 Å². The van der Waals surface area contributed by atoms with Gasteiger partial charge in [0.05, 0.1) is 18.9 Å². The average Bonchev–Trinajstić information content (AvgIpc) is 3.49. The van der Waals surface area contributed by atoms with Crippen molar-refractivity contribution < 1.29 is 18.9 Å². The smallest absolute Gasteiger partial charge is 0.164 e. The fourth-order valence-corrected chi connectivity index (χ4v) is 4.50. The zero-order valence-electron chi connectivity index (χ0n) is 19.8. The lowest BCUT2D eigenvalue weighted by Gasteiger charge is -2.22. The number of ether oxygens (including phenoxy) is 4. The van der Waals surface area contributed by atoms with Crippen molar-refractivity contribution in [1.82, 2.24) is 24.5 Å². The molecular formula is C26H29N5O4. The minimum atomic E-state index is 0.279. The molecule has 0 bridgehead atoms. The molecular weight excluding hydrogens is 446 g/mol. The second kappa shape index (κ2) is 9.67. The Balaban J connectivity index is 1.15. The molecule has 0 amide bonds. The standard InChI is InChI=1S/C26H29N5O4/c1-30-25-19(16-28-30)14-18(26-29-27-17-31(26)20-2-3-20)15-24(25)35-23-6-4-21(5-7-23)33-12-13-34-22-8-10-32-11-9-22/h4-7,14-17,20,22H,2-3,8-13H2,1H3. The van der Waals surface area contributed by atoms with Gasteiger partial charge in [-0.05, 0) is 62.1 Å². The fourth-order valence-electron chi connectivity index (χ4n) is 4.50. The first kappa shape index (κ1) is 22.1. The molecule has 0 radical (unpaired) electrons. The highest BCUT2D eigenvalue weighted by atomic mass is 16.5. The molecule has 9 nitrogen and oxygen atoms in total. The zero-order valence-corrected chi connectivity index (χ0v) is 19.8. The van der Waals surface area contributed by atoms with E-state index in [9.17, 15) is 0 Å². The summed E-state index contributed by atoms with van der Waals surface area (Å²) in [5.74, 6) is 3.08. The second-order valence-electron chi connectivity index (χ2n) is 9.08. The van der Waals surface area contributed by atoms with Gasteiger partial charge in [0.2, 0.25) is 0 Å². The molecule has 2 fully saturated rings. The fraction of sp³-hybridized carbons (Fsp3) is 0.423. The van der Waals surface area contributed by atoms with Crippen molar-refractivity contribution in [3.05, 3.63) is 48.9 Å². The van der Waals surface area contributed by atoms with Gasteiger partial charge < -0.3 is 23.5 Å². The Bertz CT molecular complexity index is 1290. The average molecular weight is 476 g/mol. The van der Waals surface area contributed by atoms with Crippen LogP contribution in [0.25, 0.3) is 22.3 Å². The Morgan fingerprint density at radius 2 is 1.80 bits per heavy atom. The lowest BCUT2D eigenvalue weighted by molar-refractivity contribution is -0.0388. The van der Waals surface area contributed by atoms with Crippen molar-refractivity contribution in [2.75, 3.05) is 26.4 Å². The van der Waals surface area contributed by atoms with Gasteiger partial charge in [-0.15, -0.1) is 10.2 Å². The van der Waals surface area contributed by atoms with Gasteiger partial charge >= 0.3 is 0 Å². The molecule has 4 aromatic rings. The van der Waals surface area contributed by atoms with Gasteiger partial charge in [0.25, 0.3) is 0 Å². The normalized spacial score (nSPS) is 16.6. The summed E-state index contributed by atoms with van der Waals surface area (Å²) in [6.07, 6.45) is 8.18. The van der Waals surface area contributed by atoms with Crippen molar-refractivity contribution in [3.63, 3.8) is 0 Å². The number of aryl methyl sites for hydroxylation is 1. The van der Waals surface area contributed by atoms with Crippen molar-refractivity contribution in [2.45, 2.75) is 37.8 Å². The predicted octanol–water partition coefficient (Wildman–Crippen LogP) is 4.53. The van der Waals surface area contributed by atoms with E-state index in [-0.39, 0.29) is 6.10 Å². The summed E-state index contributed by atoms with van der Waals surface area (Å²) in [4.78, 5) is 0. The first-order chi connectivity index (χ1) is 17.2. The number of hydrogen-bond donors (Lipinski definition) is 0. The zero-order chi connectivity index (χ0) is 23.6. The van der Waals surface area contributed by atoms with E-state index in [2.05, 4.69) is 25.9 Å². The first-order valence-corrected chi connectivity index (χ1v) is 12.2. The van der Waals surface area contributed by atoms with Crippen LogP contribution in [-0.2, 0) is 16.5 Å². The van der Waals surface area contributed by atoms with Gasteiger partial charge in [-0.3, -0.25) is 4.68 Å². The first-order valence-electron chi connectivity index (χ1n) is 12.2. The van der Waals surface area contributed by atoms with Crippen molar-refractivity contribution >= 4 is 10.9 Å². The third kappa shape index (κ3) is 4.87. The van der Waals surface area contributed by atoms with Crippen LogP contribution in [0.4, 0.5) is 0 Å². The molecule has 35 heavy (non-hydrogen) atoms. The number of nitrogens with zero attached hydrogens (tertiary/aromatic N) is 5. The van der Waals surface area contributed by atoms with Crippen LogP contribution in [0.3, 0.4) is 0 Å². The van der Waals surface area contributed by atoms with Gasteiger partial charge in [-0.25, -0.2) is 0 Å². The van der Waals surface area contributed by atoms with Crippen LogP contribution >= 0.6 is 0 Å². The van der Waals surface area contributed by atoms with E-state index in [1.807, 2.05) is 54.6 Å². The molecule has 6 rings (SSSR count). The summed E-state index contributed by atoms with van der Waals surface area (Å²) >= 11 is 0. The molecule has 0 atom stereocenters. The highest BCUT2D eigenvalue weighted by Crippen LogP contribution is 2.40. The highest BCUT2D eigenvalue weighted by molar-refractivity contribution is 5.89. The molecule has 2 aromatic heterocycles. The van der Waals surface area contributed by atoms with Gasteiger partial charge in [0.1, 0.15) is 29.9 Å². The molecule has 1 saturated heterocycles. The van der Waals surface area contributed by atoms with Crippen LogP contribution in [0.2, 0.25) is 0 Å². The maximum atomic E-state index is 6.34. The van der Waals surface area contributed by atoms with Crippen LogP contribution in [0.5, 0.6) is 17.2 Å². The van der Waals surface area contributed by atoms with E-state index in [0.717, 1.165) is 65.6 Å². The molecule has 1 aliphatic carbocycles. The van der Waals surface area contributed by atoms with Crippen molar-refractivity contribution in [1.29, 1.82) is 0 Å². The largest absolute Gasteiger partial charge is 0.491 e. The lowest BCUT2D eigenvalue weighted by Crippen LogP contribution is -2.25. The molecule has 182 valence electrons. The summed E-state index contributed by atoms with van der Waals surface area (Å²) in [6.45, 7) is 2.64. The maximum absolute atomic E-state index is 6.34. The number of benzene rings is 2. The SMILES string of the molecule is Cn1ncc2cc(-c3nncn3C3CC3)cc(Oc3ccc(OCCOC4CCOCC4)cc3)c21. The summed E-state index contributed by atoms with van der Waals surface area (Å²) in [7, 11) is 1.92. The number of aromatic nitrogens is 5. The second-order valence-corrected chi connectivity index (χ2v) is 9.08. The summed E-state index contributed by atoms with van der Waals surface area (Å²) in [6, 6.07) is 12.3. The van der Waals surface area contributed by atoms with E-state index in [0.29, 0.717) is 19.3 Å². The van der Waals surface area contributed by atoms with Crippen LogP contribution in [0.15, 0.2) is 48.9 Å². The summed E-state index contributed by atoms with van der Waals surface area (Å²) < 4.78 is 27.4. The molecule has 1 saturated carbocycles. The molecule has 0 unspecified atom stereocenters. The Labute approximate surface area is 203 Å². The number of fused-ring (bicyclic) bond motifs is 1. The number of rotatable bonds is 9. The maximum Gasteiger partial charge on any atom is 0.164 e. The third-order valence-electron chi connectivity index (χ3n) is 6.50. The Kier molecular flexibility index (Phi) is 6.10. The van der Waals surface area contributed by atoms with E-state index in [4.69, 9.17) is 18.9 Å². The van der Waals surface area contributed by atoms with Crippen molar-refractivity contribution in [3.8, 4) is 28.6 Å². The summed E-state index contributed by atoms with van der Waals surface area (Å²) in [5, 5.41) is 14.0. The lowest BCUT2D eigenvalue weighted by atomic mass is 10.1. The van der Waals surface area contributed by atoms with Gasteiger partial charge in [0.15, 0.2) is 11.6 Å². The van der Waals surface area contributed by atoms with E-state index < -0.39 is 0 Å². The molecule has 9 heteroatoms. The number of hydrogen-bond acceptors (Lipinski definition) is 7. The van der Waals surface area contributed by atoms with Crippen LogP contribution in [-0.4, -0.2) is 57.1 Å². The molecule has 0 N–H and O–H groups in total. The van der Waals surface area contributed by atoms with Gasteiger partial charge in [-0.2, -0.15) is 5.10 Å². The van der Waals surface area contributed by atoms with Crippen LogP contribution < -0.4 is 9.47 Å². The van der Waals surface area contributed by atoms with Gasteiger partial charge in [-0.1, -0.05) is 0 Å². The molecule has 3 heterocycles. The minimum Gasteiger partial charge on any atom is -0.491 e.